The number of furan rings is 1. The first kappa shape index (κ1) is 19.9. The summed E-state index contributed by atoms with van der Waals surface area (Å²) in [6.45, 7) is 3.87. The molecule has 0 aliphatic rings. The molecule has 0 amide bonds. The minimum absolute atomic E-state index is 0. The van der Waals surface area contributed by atoms with E-state index in [9.17, 15) is 10.1 Å². The van der Waals surface area contributed by atoms with Gasteiger partial charge in [-0.05, 0) is 24.1 Å². The molecule has 130 valence electrons. The van der Waals surface area contributed by atoms with Gasteiger partial charge in [0.2, 0.25) is 0 Å². The van der Waals surface area contributed by atoms with Gasteiger partial charge in [-0.3, -0.25) is 10.1 Å². The third-order valence-electron chi connectivity index (χ3n) is 3.12. The predicted octanol–water partition coefficient (Wildman–Crippen LogP) is 3.45. The SMILES string of the molecule is CCCNC(=NCc1ccc([N+](=O)[O-])cc1)NCc1ccco1.I. The van der Waals surface area contributed by atoms with E-state index in [-0.39, 0.29) is 29.7 Å². The fraction of sp³-hybridized carbons (Fsp3) is 0.312. The highest BCUT2D eigenvalue weighted by molar-refractivity contribution is 14.0. The first-order valence-electron chi connectivity index (χ1n) is 7.47. The van der Waals surface area contributed by atoms with Crippen molar-refractivity contribution in [2.75, 3.05) is 6.54 Å². The normalized spacial score (nSPS) is 10.8. The second-order valence-corrected chi connectivity index (χ2v) is 4.95. The number of benzene rings is 1. The Morgan fingerprint density at radius 1 is 1.25 bits per heavy atom. The average Bonchev–Trinajstić information content (AvgIpc) is 3.08. The Kier molecular flexibility index (Phi) is 8.84. The minimum atomic E-state index is -0.411. The first-order chi connectivity index (χ1) is 11.2. The number of nitro groups is 1. The summed E-state index contributed by atoms with van der Waals surface area (Å²) in [4.78, 5) is 14.7. The molecule has 0 bridgehead atoms. The number of hydrogen-bond donors (Lipinski definition) is 2. The topological polar surface area (TPSA) is 92.7 Å². The standard InChI is InChI=1S/C16H20N4O3.HI/c1-2-9-17-16(19-12-15-4-3-10-23-15)18-11-13-5-7-14(8-6-13)20(21)22;/h3-8,10H,2,9,11-12H2,1H3,(H2,17,18,19);1H. The molecule has 1 heterocycles. The van der Waals surface area contributed by atoms with E-state index in [1.165, 1.54) is 12.1 Å². The van der Waals surface area contributed by atoms with Crippen LogP contribution in [0, 0.1) is 10.1 Å². The van der Waals surface area contributed by atoms with E-state index in [2.05, 4.69) is 22.5 Å². The van der Waals surface area contributed by atoms with Crippen LogP contribution in [0.5, 0.6) is 0 Å². The Bertz CT molecular complexity index is 642. The van der Waals surface area contributed by atoms with Crippen LogP contribution in [-0.4, -0.2) is 17.4 Å². The molecule has 2 rings (SSSR count). The van der Waals surface area contributed by atoms with E-state index >= 15 is 0 Å². The summed E-state index contributed by atoms with van der Waals surface area (Å²) < 4.78 is 5.28. The van der Waals surface area contributed by atoms with Gasteiger partial charge in [0.25, 0.3) is 5.69 Å². The first-order valence-corrected chi connectivity index (χ1v) is 7.47. The zero-order chi connectivity index (χ0) is 16.5. The molecule has 0 saturated heterocycles. The van der Waals surface area contributed by atoms with Gasteiger partial charge in [-0.25, -0.2) is 4.99 Å². The van der Waals surface area contributed by atoms with E-state index in [0.717, 1.165) is 24.3 Å². The lowest BCUT2D eigenvalue weighted by Gasteiger charge is -2.11. The Labute approximate surface area is 157 Å². The summed E-state index contributed by atoms with van der Waals surface area (Å²) in [6, 6.07) is 10.1. The predicted molar refractivity (Wildman–Crippen MR) is 103 cm³/mol. The quantitative estimate of drug-likeness (QED) is 0.224. The van der Waals surface area contributed by atoms with Gasteiger partial charge in [-0.2, -0.15) is 0 Å². The molecule has 8 heteroatoms. The molecule has 0 radical (unpaired) electrons. The van der Waals surface area contributed by atoms with Crippen LogP contribution < -0.4 is 10.6 Å². The molecule has 0 aliphatic carbocycles. The van der Waals surface area contributed by atoms with E-state index in [1.54, 1.807) is 18.4 Å². The summed E-state index contributed by atoms with van der Waals surface area (Å²) >= 11 is 0. The average molecular weight is 444 g/mol. The zero-order valence-corrected chi connectivity index (χ0v) is 15.7. The maximum absolute atomic E-state index is 10.6. The van der Waals surface area contributed by atoms with Gasteiger partial charge in [-0.15, -0.1) is 24.0 Å². The van der Waals surface area contributed by atoms with Crippen molar-refractivity contribution in [3.63, 3.8) is 0 Å². The van der Waals surface area contributed by atoms with Crippen molar-refractivity contribution in [3.05, 3.63) is 64.1 Å². The van der Waals surface area contributed by atoms with Crippen molar-refractivity contribution >= 4 is 35.6 Å². The van der Waals surface area contributed by atoms with Crippen molar-refractivity contribution in [1.29, 1.82) is 0 Å². The fourth-order valence-electron chi connectivity index (χ4n) is 1.90. The Hall–Kier alpha value is -2.10. The number of hydrogen-bond acceptors (Lipinski definition) is 4. The van der Waals surface area contributed by atoms with Crippen LogP contribution in [-0.2, 0) is 13.1 Å². The molecule has 1 aromatic heterocycles. The van der Waals surface area contributed by atoms with Crippen molar-refractivity contribution in [3.8, 4) is 0 Å². The molecule has 0 aliphatic heterocycles. The van der Waals surface area contributed by atoms with Crippen LogP contribution in [0.25, 0.3) is 0 Å². The molecular weight excluding hydrogens is 423 g/mol. The van der Waals surface area contributed by atoms with E-state index < -0.39 is 4.92 Å². The number of non-ortho nitro benzene ring substituents is 1. The van der Waals surface area contributed by atoms with E-state index in [0.29, 0.717) is 19.0 Å². The van der Waals surface area contributed by atoms with Gasteiger partial charge >= 0.3 is 0 Å². The summed E-state index contributed by atoms with van der Waals surface area (Å²) in [5.74, 6) is 1.51. The molecule has 7 nitrogen and oxygen atoms in total. The maximum atomic E-state index is 10.6. The molecule has 1 aromatic carbocycles. The number of halogens is 1. The molecule has 0 atom stereocenters. The Morgan fingerprint density at radius 2 is 2.00 bits per heavy atom. The van der Waals surface area contributed by atoms with E-state index in [4.69, 9.17) is 4.42 Å². The maximum Gasteiger partial charge on any atom is 0.269 e. The Balaban J connectivity index is 0.00000288. The monoisotopic (exact) mass is 444 g/mol. The number of guanidine groups is 1. The van der Waals surface area contributed by atoms with Gasteiger partial charge in [-0.1, -0.05) is 19.1 Å². The largest absolute Gasteiger partial charge is 0.467 e. The molecule has 0 unspecified atom stereocenters. The molecule has 2 N–H and O–H groups in total. The zero-order valence-electron chi connectivity index (χ0n) is 13.4. The van der Waals surface area contributed by atoms with Crippen molar-refractivity contribution < 1.29 is 9.34 Å². The minimum Gasteiger partial charge on any atom is -0.467 e. The molecule has 0 fully saturated rings. The lowest BCUT2D eigenvalue weighted by atomic mass is 10.2. The van der Waals surface area contributed by atoms with Crippen LogP contribution in [0.2, 0.25) is 0 Å². The summed E-state index contributed by atoms with van der Waals surface area (Å²) in [5, 5.41) is 17.1. The van der Waals surface area contributed by atoms with Gasteiger partial charge in [0.15, 0.2) is 5.96 Å². The highest BCUT2D eigenvalue weighted by atomic mass is 127. The summed E-state index contributed by atoms with van der Waals surface area (Å²) in [7, 11) is 0. The fourth-order valence-corrected chi connectivity index (χ4v) is 1.90. The van der Waals surface area contributed by atoms with Crippen LogP contribution in [0.3, 0.4) is 0 Å². The number of nitrogens with zero attached hydrogens (tertiary/aromatic N) is 2. The third-order valence-corrected chi connectivity index (χ3v) is 3.12. The van der Waals surface area contributed by atoms with Crippen LogP contribution in [0.4, 0.5) is 5.69 Å². The van der Waals surface area contributed by atoms with Gasteiger partial charge in [0.05, 0.1) is 24.3 Å². The molecule has 2 aromatic rings. The smallest absolute Gasteiger partial charge is 0.269 e. The highest BCUT2D eigenvalue weighted by Crippen LogP contribution is 2.12. The van der Waals surface area contributed by atoms with Crippen LogP contribution in [0.1, 0.15) is 24.7 Å². The highest BCUT2D eigenvalue weighted by Gasteiger charge is 2.04. The second kappa shape index (κ2) is 10.6. The van der Waals surface area contributed by atoms with E-state index in [1.807, 2.05) is 12.1 Å². The van der Waals surface area contributed by atoms with Crippen LogP contribution in [0.15, 0.2) is 52.1 Å². The second-order valence-electron chi connectivity index (χ2n) is 4.95. The lowest BCUT2D eigenvalue weighted by molar-refractivity contribution is -0.384. The third kappa shape index (κ3) is 6.57. The number of nitrogens with one attached hydrogen (secondary N) is 2. The Morgan fingerprint density at radius 3 is 2.58 bits per heavy atom. The van der Waals surface area contributed by atoms with Gasteiger partial charge in [0, 0.05) is 18.7 Å². The molecule has 0 spiro atoms. The van der Waals surface area contributed by atoms with Gasteiger partial charge in [0.1, 0.15) is 5.76 Å². The molecular formula is C16H21IN4O3. The van der Waals surface area contributed by atoms with Crippen LogP contribution >= 0.6 is 24.0 Å². The lowest BCUT2D eigenvalue weighted by Crippen LogP contribution is -2.37. The number of nitro benzene ring substituents is 1. The summed E-state index contributed by atoms with van der Waals surface area (Å²) in [6.07, 6.45) is 2.61. The molecule has 24 heavy (non-hydrogen) atoms. The van der Waals surface area contributed by atoms with Crippen molar-refractivity contribution in [1.82, 2.24) is 10.6 Å². The van der Waals surface area contributed by atoms with Crippen molar-refractivity contribution in [2.24, 2.45) is 4.99 Å². The number of aliphatic imine (C=N–C) groups is 1. The summed E-state index contributed by atoms with van der Waals surface area (Å²) in [5.41, 5.74) is 0.990. The van der Waals surface area contributed by atoms with Gasteiger partial charge < -0.3 is 15.1 Å². The number of rotatable bonds is 7. The van der Waals surface area contributed by atoms with Crippen molar-refractivity contribution in [2.45, 2.75) is 26.4 Å². The molecule has 0 saturated carbocycles.